The van der Waals surface area contributed by atoms with E-state index in [1.807, 2.05) is 13.0 Å². The van der Waals surface area contributed by atoms with Crippen LogP contribution < -0.4 is 4.90 Å². The predicted molar refractivity (Wildman–Crippen MR) is 106 cm³/mol. The van der Waals surface area contributed by atoms with Crippen LogP contribution in [0.1, 0.15) is 41.5 Å². The van der Waals surface area contributed by atoms with Crippen LogP contribution in [0, 0.1) is 25.2 Å². The van der Waals surface area contributed by atoms with E-state index in [0.717, 1.165) is 48.7 Å². The Morgan fingerprint density at radius 2 is 2.00 bits per heavy atom. The largest absolute Gasteiger partial charge is 0.351 e. The van der Waals surface area contributed by atoms with Crippen molar-refractivity contribution in [2.75, 3.05) is 31.6 Å². The van der Waals surface area contributed by atoms with E-state index in [-0.39, 0.29) is 0 Å². The molecule has 0 aliphatic carbocycles. The third-order valence-electron chi connectivity index (χ3n) is 5.89. The molecule has 1 fully saturated rings. The van der Waals surface area contributed by atoms with Gasteiger partial charge in [-0.15, -0.1) is 10.2 Å². The summed E-state index contributed by atoms with van der Waals surface area (Å²) < 4.78 is 0. The predicted octanol–water partition coefficient (Wildman–Crippen LogP) is 2.87. The normalized spacial score (nSPS) is 20.2. The number of pyridine rings is 1. The first-order valence-corrected chi connectivity index (χ1v) is 9.77. The minimum absolute atomic E-state index is 0.525. The van der Waals surface area contributed by atoms with E-state index in [1.165, 1.54) is 30.5 Å². The fraction of sp³-hybridized carbons (Fsp3) is 0.524. The molecule has 140 valence electrons. The van der Waals surface area contributed by atoms with Crippen molar-refractivity contribution in [3.05, 3.63) is 34.5 Å². The summed E-state index contributed by atoms with van der Waals surface area (Å²) >= 11 is 0. The minimum atomic E-state index is 0.525. The van der Waals surface area contributed by atoms with Crippen molar-refractivity contribution in [3.63, 3.8) is 0 Å². The number of fused-ring (bicyclic) bond motifs is 1. The Kier molecular flexibility index (Phi) is 4.79. The number of hydrogen-bond acceptors (Lipinski definition) is 6. The average Bonchev–Trinajstić information content (AvgIpc) is 2.68. The first-order chi connectivity index (χ1) is 13.1. The van der Waals surface area contributed by atoms with Gasteiger partial charge in [0.05, 0.1) is 11.3 Å². The lowest BCUT2D eigenvalue weighted by atomic mass is 9.95. The van der Waals surface area contributed by atoms with Gasteiger partial charge in [-0.1, -0.05) is 0 Å². The highest BCUT2D eigenvalue weighted by atomic mass is 15.3. The highest BCUT2D eigenvalue weighted by Crippen LogP contribution is 2.34. The molecule has 0 aromatic carbocycles. The quantitative estimate of drug-likeness (QED) is 0.818. The monoisotopic (exact) mass is 362 g/mol. The number of anilines is 1. The van der Waals surface area contributed by atoms with Gasteiger partial charge >= 0.3 is 0 Å². The van der Waals surface area contributed by atoms with E-state index >= 15 is 0 Å². The Hall–Kier alpha value is -2.52. The highest BCUT2D eigenvalue weighted by Gasteiger charge is 2.30. The molecule has 1 atom stereocenters. The fourth-order valence-electron chi connectivity index (χ4n) is 4.46. The molecule has 0 N–H and O–H groups in total. The Bertz CT molecular complexity index is 900. The molecule has 2 aliphatic rings. The topological polar surface area (TPSA) is 68.9 Å². The Morgan fingerprint density at radius 3 is 2.74 bits per heavy atom. The lowest BCUT2D eigenvalue weighted by Crippen LogP contribution is -2.49. The van der Waals surface area contributed by atoms with Crippen molar-refractivity contribution >= 4 is 5.82 Å². The summed E-state index contributed by atoms with van der Waals surface area (Å²) in [5.41, 5.74) is 5.70. The van der Waals surface area contributed by atoms with E-state index < -0.39 is 0 Å². The minimum Gasteiger partial charge on any atom is -0.351 e. The summed E-state index contributed by atoms with van der Waals surface area (Å²) in [7, 11) is 2.20. The molecule has 0 bridgehead atoms. The first-order valence-electron chi connectivity index (χ1n) is 9.77. The van der Waals surface area contributed by atoms with Crippen LogP contribution >= 0.6 is 0 Å². The molecule has 0 amide bonds. The Balaban J connectivity index is 1.72. The number of piperidine rings is 1. The molecule has 4 rings (SSSR count). The van der Waals surface area contributed by atoms with Gasteiger partial charge in [0.1, 0.15) is 11.8 Å². The maximum Gasteiger partial charge on any atom is 0.155 e. The zero-order valence-electron chi connectivity index (χ0n) is 16.4. The van der Waals surface area contributed by atoms with Crippen LogP contribution in [-0.4, -0.2) is 52.8 Å². The van der Waals surface area contributed by atoms with Crippen LogP contribution in [0.15, 0.2) is 12.3 Å². The van der Waals surface area contributed by atoms with E-state index in [1.54, 1.807) is 6.20 Å². The summed E-state index contributed by atoms with van der Waals surface area (Å²) in [6.45, 7) is 7.46. The molecule has 2 aliphatic heterocycles. The standard InChI is InChI=1S/C21H26N6/c1-14-10-16(11-22)12-23-19(14)20-15(2)18-7-5-9-27(21(18)25-24-20)17-6-4-8-26(3)13-17/h10,12,17H,4-9,13H2,1-3H3/t17-/m1/s1. The van der Waals surface area contributed by atoms with Gasteiger partial charge in [0.15, 0.2) is 5.82 Å². The van der Waals surface area contributed by atoms with E-state index in [0.29, 0.717) is 11.6 Å². The second kappa shape index (κ2) is 7.24. The van der Waals surface area contributed by atoms with Gasteiger partial charge in [0.25, 0.3) is 0 Å². The number of rotatable bonds is 2. The van der Waals surface area contributed by atoms with Gasteiger partial charge < -0.3 is 9.80 Å². The Morgan fingerprint density at radius 1 is 1.15 bits per heavy atom. The zero-order chi connectivity index (χ0) is 19.0. The van der Waals surface area contributed by atoms with Crippen LogP contribution in [0.2, 0.25) is 0 Å². The van der Waals surface area contributed by atoms with Gasteiger partial charge in [0.2, 0.25) is 0 Å². The van der Waals surface area contributed by atoms with Gasteiger partial charge in [-0.25, -0.2) is 0 Å². The van der Waals surface area contributed by atoms with Gasteiger partial charge in [-0.2, -0.15) is 5.26 Å². The molecule has 2 aromatic rings. The molecule has 6 heteroatoms. The summed E-state index contributed by atoms with van der Waals surface area (Å²) in [6, 6.07) is 4.54. The second-order valence-electron chi connectivity index (χ2n) is 7.83. The zero-order valence-corrected chi connectivity index (χ0v) is 16.4. The van der Waals surface area contributed by atoms with Gasteiger partial charge in [-0.3, -0.25) is 4.98 Å². The molecule has 27 heavy (non-hydrogen) atoms. The summed E-state index contributed by atoms with van der Waals surface area (Å²) in [5.74, 6) is 1.06. The fourth-order valence-corrected chi connectivity index (χ4v) is 4.46. The number of hydrogen-bond donors (Lipinski definition) is 0. The smallest absolute Gasteiger partial charge is 0.155 e. The van der Waals surface area contributed by atoms with Crippen LogP contribution in [0.25, 0.3) is 11.4 Å². The molecule has 2 aromatic heterocycles. The lowest BCUT2D eigenvalue weighted by Gasteiger charge is -2.41. The van der Waals surface area contributed by atoms with Crippen molar-refractivity contribution in [1.29, 1.82) is 5.26 Å². The molecular formula is C21H26N6. The summed E-state index contributed by atoms with van der Waals surface area (Å²) in [4.78, 5) is 9.40. The molecule has 0 unspecified atom stereocenters. The summed E-state index contributed by atoms with van der Waals surface area (Å²) in [6.07, 6.45) is 6.28. The molecule has 1 saturated heterocycles. The highest BCUT2D eigenvalue weighted by molar-refractivity contribution is 5.68. The van der Waals surface area contributed by atoms with Gasteiger partial charge in [-0.05, 0) is 70.3 Å². The van der Waals surface area contributed by atoms with Crippen molar-refractivity contribution < 1.29 is 0 Å². The van der Waals surface area contributed by atoms with Crippen LogP contribution in [-0.2, 0) is 6.42 Å². The number of aryl methyl sites for hydroxylation is 1. The third kappa shape index (κ3) is 3.28. The maximum atomic E-state index is 9.08. The first kappa shape index (κ1) is 17.9. The molecule has 0 saturated carbocycles. The second-order valence-corrected chi connectivity index (χ2v) is 7.83. The SMILES string of the molecule is Cc1cc(C#N)cnc1-c1nnc2c(c1C)CCCN2[C@@H]1CCCN(C)C1. The number of likely N-dealkylation sites (N-methyl/N-ethyl adjacent to an activating group) is 1. The summed E-state index contributed by atoms with van der Waals surface area (Å²) in [5, 5.41) is 18.3. The molecule has 4 heterocycles. The maximum absolute atomic E-state index is 9.08. The van der Waals surface area contributed by atoms with Crippen molar-refractivity contribution in [2.24, 2.45) is 0 Å². The van der Waals surface area contributed by atoms with Crippen molar-refractivity contribution in [2.45, 2.75) is 45.6 Å². The van der Waals surface area contributed by atoms with Crippen molar-refractivity contribution in [3.8, 4) is 17.5 Å². The van der Waals surface area contributed by atoms with Crippen LogP contribution in [0.3, 0.4) is 0 Å². The Labute approximate surface area is 160 Å². The number of nitriles is 1. The molecule has 0 spiro atoms. The molecule has 0 radical (unpaired) electrons. The van der Waals surface area contributed by atoms with E-state index in [9.17, 15) is 0 Å². The third-order valence-corrected chi connectivity index (χ3v) is 5.89. The van der Waals surface area contributed by atoms with Gasteiger partial charge in [0, 0.05) is 30.9 Å². The van der Waals surface area contributed by atoms with E-state index in [2.05, 4.69) is 45.0 Å². The van der Waals surface area contributed by atoms with Crippen LogP contribution in [0.5, 0.6) is 0 Å². The molecule has 6 nitrogen and oxygen atoms in total. The van der Waals surface area contributed by atoms with Crippen molar-refractivity contribution in [1.82, 2.24) is 20.1 Å². The molecular weight excluding hydrogens is 336 g/mol. The number of aromatic nitrogens is 3. The average molecular weight is 362 g/mol. The van der Waals surface area contributed by atoms with Crippen LogP contribution in [0.4, 0.5) is 5.82 Å². The number of likely N-dealkylation sites (tertiary alicyclic amines) is 1. The lowest BCUT2D eigenvalue weighted by molar-refractivity contribution is 0.242. The van der Waals surface area contributed by atoms with E-state index in [4.69, 9.17) is 5.26 Å². The number of nitrogens with zero attached hydrogens (tertiary/aromatic N) is 6.